The van der Waals surface area contributed by atoms with E-state index in [0.717, 1.165) is 5.69 Å². The fraction of sp³-hybridized carbons (Fsp3) is 0.125. The first-order chi connectivity index (χ1) is 6.70. The Balaban J connectivity index is 2.66. The van der Waals surface area contributed by atoms with Crippen LogP contribution in [0.3, 0.4) is 0 Å². The Bertz CT molecular complexity index is 445. The predicted octanol–water partition coefficient (Wildman–Crippen LogP) is 1.22. The van der Waals surface area contributed by atoms with E-state index in [9.17, 15) is 0 Å². The van der Waals surface area contributed by atoms with Crippen molar-refractivity contribution in [2.24, 2.45) is 7.05 Å². The summed E-state index contributed by atoms with van der Waals surface area (Å²) in [6.07, 6.45) is 1.69. The molecule has 0 aliphatic heterocycles. The fourth-order valence-corrected chi connectivity index (χ4v) is 1.71. The van der Waals surface area contributed by atoms with Crippen LogP contribution in [0.4, 0.5) is 5.69 Å². The topological polar surface area (TPSA) is 69.6 Å². The molecule has 0 amide bonds. The quantitative estimate of drug-likeness (QED) is 0.830. The molecule has 5 nitrogen and oxygen atoms in total. The number of hydrogen-bond donors (Lipinski definition) is 1. The first-order valence-electron chi connectivity index (χ1n) is 3.96. The summed E-state index contributed by atoms with van der Waals surface area (Å²) in [7, 11) is 1.79. The van der Waals surface area contributed by atoms with Crippen molar-refractivity contribution in [2.45, 2.75) is 0 Å². The van der Waals surface area contributed by atoms with Gasteiger partial charge in [-0.25, -0.2) is 4.68 Å². The second-order valence-corrected chi connectivity index (χ2v) is 3.54. The molecular formula is C8H8BrN5. The van der Waals surface area contributed by atoms with Gasteiger partial charge in [0.25, 0.3) is 0 Å². The van der Waals surface area contributed by atoms with E-state index in [0.29, 0.717) is 16.0 Å². The van der Waals surface area contributed by atoms with Crippen molar-refractivity contribution in [3.63, 3.8) is 0 Å². The largest absolute Gasteiger partial charge is 0.397 e. The van der Waals surface area contributed by atoms with E-state index in [-0.39, 0.29) is 0 Å². The van der Waals surface area contributed by atoms with Crippen molar-refractivity contribution >= 4 is 21.6 Å². The van der Waals surface area contributed by atoms with Gasteiger partial charge in [-0.1, -0.05) is 5.21 Å². The summed E-state index contributed by atoms with van der Waals surface area (Å²) in [5, 5.41) is 7.73. The molecular weight excluding hydrogens is 246 g/mol. The molecule has 0 saturated carbocycles. The highest BCUT2D eigenvalue weighted by Gasteiger charge is 2.13. The Hall–Kier alpha value is -1.43. The van der Waals surface area contributed by atoms with Crippen molar-refractivity contribution in [1.82, 2.24) is 20.0 Å². The molecule has 72 valence electrons. The number of rotatable bonds is 1. The molecule has 0 unspecified atom stereocenters. The molecule has 0 bridgehead atoms. The van der Waals surface area contributed by atoms with Crippen LogP contribution in [0.15, 0.2) is 22.9 Å². The molecule has 0 radical (unpaired) electrons. The van der Waals surface area contributed by atoms with Gasteiger partial charge in [0.1, 0.15) is 11.4 Å². The van der Waals surface area contributed by atoms with Crippen LogP contribution in [0, 0.1) is 0 Å². The number of nitrogen functional groups attached to an aromatic ring is 1. The average molecular weight is 254 g/mol. The monoisotopic (exact) mass is 253 g/mol. The third kappa shape index (κ3) is 1.37. The van der Waals surface area contributed by atoms with Gasteiger partial charge < -0.3 is 5.73 Å². The first-order valence-corrected chi connectivity index (χ1v) is 4.75. The number of nitrogens with zero attached hydrogens (tertiary/aromatic N) is 4. The summed E-state index contributed by atoms with van der Waals surface area (Å²) in [6.45, 7) is 0. The number of anilines is 1. The molecule has 0 aromatic carbocycles. The van der Waals surface area contributed by atoms with Gasteiger partial charge in [-0.05, 0) is 28.1 Å². The zero-order valence-corrected chi connectivity index (χ0v) is 9.06. The van der Waals surface area contributed by atoms with Gasteiger partial charge >= 0.3 is 0 Å². The fourth-order valence-electron chi connectivity index (χ4n) is 1.20. The zero-order valence-electron chi connectivity index (χ0n) is 7.48. The summed E-state index contributed by atoms with van der Waals surface area (Å²) in [6, 6.07) is 3.58. The molecule has 0 atom stereocenters. The van der Waals surface area contributed by atoms with Gasteiger partial charge in [0.15, 0.2) is 4.60 Å². The van der Waals surface area contributed by atoms with Gasteiger partial charge in [0.05, 0.1) is 5.69 Å². The zero-order chi connectivity index (χ0) is 10.1. The molecule has 14 heavy (non-hydrogen) atoms. The van der Waals surface area contributed by atoms with Crippen LogP contribution in [0.25, 0.3) is 11.4 Å². The number of hydrogen-bond acceptors (Lipinski definition) is 4. The van der Waals surface area contributed by atoms with Crippen molar-refractivity contribution in [1.29, 1.82) is 0 Å². The number of pyridine rings is 1. The molecule has 2 aromatic heterocycles. The Kier molecular flexibility index (Phi) is 2.20. The molecule has 2 rings (SSSR count). The van der Waals surface area contributed by atoms with Crippen LogP contribution >= 0.6 is 15.9 Å². The smallest absolute Gasteiger partial charge is 0.158 e. The third-order valence-electron chi connectivity index (χ3n) is 1.85. The van der Waals surface area contributed by atoms with Crippen LogP contribution in [0.2, 0.25) is 0 Å². The molecule has 6 heteroatoms. The Morgan fingerprint density at radius 2 is 2.29 bits per heavy atom. The van der Waals surface area contributed by atoms with Crippen LogP contribution in [-0.4, -0.2) is 20.0 Å². The number of halogens is 1. The van der Waals surface area contributed by atoms with E-state index >= 15 is 0 Å². The minimum Gasteiger partial charge on any atom is -0.397 e. The Morgan fingerprint density at radius 3 is 2.86 bits per heavy atom. The maximum atomic E-state index is 5.80. The maximum absolute atomic E-state index is 5.80. The summed E-state index contributed by atoms with van der Waals surface area (Å²) >= 11 is 3.30. The lowest BCUT2D eigenvalue weighted by atomic mass is 10.2. The number of nitrogens with two attached hydrogens (primary N) is 1. The highest BCUT2D eigenvalue weighted by atomic mass is 79.9. The standard InChI is InChI=1S/C8H8BrN5/c1-14-7(8(9)12-13-14)6-5(10)3-2-4-11-6/h2-4H,10H2,1H3. The summed E-state index contributed by atoms with van der Waals surface area (Å²) in [4.78, 5) is 4.19. The molecule has 0 fully saturated rings. The number of aryl methyl sites for hydroxylation is 1. The lowest BCUT2D eigenvalue weighted by Crippen LogP contribution is -1.99. The van der Waals surface area contributed by atoms with Crippen LogP contribution < -0.4 is 5.73 Å². The SMILES string of the molecule is Cn1nnc(Br)c1-c1ncccc1N. The lowest BCUT2D eigenvalue weighted by molar-refractivity contribution is 0.719. The summed E-state index contributed by atoms with van der Waals surface area (Å²) in [5.74, 6) is 0. The highest BCUT2D eigenvalue weighted by molar-refractivity contribution is 9.10. The van der Waals surface area contributed by atoms with Crippen LogP contribution in [0.1, 0.15) is 0 Å². The molecule has 2 aromatic rings. The van der Waals surface area contributed by atoms with Crippen molar-refractivity contribution in [2.75, 3.05) is 5.73 Å². The van der Waals surface area contributed by atoms with Crippen LogP contribution in [-0.2, 0) is 7.05 Å². The molecule has 2 heterocycles. The first kappa shape index (κ1) is 9.14. The van der Waals surface area contributed by atoms with E-state index in [2.05, 4.69) is 31.2 Å². The van der Waals surface area contributed by atoms with Crippen molar-refractivity contribution < 1.29 is 0 Å². The van der Waals surface area contributed by atoms with E-state index in [4.69, 9.17) is 5.73 Å². The molecule has 0 saturated heterocycles. The molecule has 0 aliphatic rings. The second kappa shape index (κ2) is 3.38. The van der Waals surface area contributed by atoms with Gasteiger partial charge in [-0.15, -0.1) is 5.10 Å². The normalized spacial score (nSPS) is 10.4. The summed E-state index contributed by atoms with van der Waals surface area (Å²) < 4.78 is 2.27. The average Bonchev–Trinajstić information content (AvgIpc) is 2.48. The van der Waals surface area contributed by atoms with Gasteiger partial charge in [-0.2, -0.15) is 0 Å². The van der Waals surface area contributed by atoms with Crippen molar-refractivity contribution in [3.05, 3.63) is 22.9 Å². The lowest BCUT2D eigenvalue weighted by Gasteiger charge is -2.03. The van der Waals surface area contributed by atoms with Gasteiger partial charge in [0.2, 0.25) is 0 Å². The van der Waals surface area contributed by atoms with Gasteiger partial charge in [-0.3, -0.25) is 4.98 Å². The molecule has 0 spiro atoms. The Labute approximate surface area is 89.1 Å². The van der Waals surface area contributed by atoms with Crippen LogP contribution in [0.5, 0.6) is 0 Å². The van der Waals surface area contributed by atoms with E-state index in [1.54, 1.807) is 30.1 Å². The van der Waals surface area contributed by atoms with E-state index < -0.39 is 0 Å². The van der Waals surface area contributed by atoms with E-state index in [1.165, 1.54) is 0 Å². The number of aromatic nitrogens is 4. The highest BCUT2D eigenvalue weighted by Crippen LogP contribution is 2.27. The minimum absolute atomic E-state index is 0.610. The third-order valence-corrected chi connectivity index (χ3v) is 2.38. The Morgan fingerprint density at radius 1 is 1.50 bits per heavy atom. The van der Waals surface area contributed by atoms with Gasteiger partial charge in [0, 0.05) is 13.2 Å². The van der Waals surface area contributed by atoms with Crippen molar-refractivity contribution in [3.8, 4) is 11.4 Å². The van der Waals surface area contributed by atoms with E-state index in [1.807, 2.05) is 0 Å². The minimum atomic E-state index is 0.610. The second-order valence-electron chi connectivity index (χ2n) is 2.79. The molecule has 2 N–H and O–H groups in total. The summed E-state index contributed by atoms with van der Waals surface area (Å²) in [5.41, 5.74) is 7.87. The molecule has 0 aliphatic carbocycles. The maximum Gasteiger partial charge on any atom is 0.158 e. The predicted molar refractivity (Wildman–Crippen MR) is 56.3 cm³/mol.